The first kappa shape index (κ1) is 8.83. The van der Waals surface area contributed by atoms with E-state index in [9.17, 15) is 0 Å². The van der Waals surface area contributed by atoms with Crippen molar-refractivity contribution in [1.29, 1.82) is 0 Å². The van der Waals surface area contributed by atoms with Crippen LogP contribution >= 0.6 is 8.34 Å². The summed E-state index contributed by atoms with van der Waals surface area (Å²) in [5.41, 5.74) is 0. The average Bonchev–Trinajstić information content (AvgIpc) is 0.918. The van der Waals surface area contributed by atoms with E-state index < -0.39 is 8.34 Å². The van der Waals surface area contributed by atoms with Gasteiger partial charge in [-0.15, -0.1) is 0 Å². The molecule has 0 rings (SSSR count). The number of hydrogen-bond acceptors (Lipinski definition) is 2. The topological polar surface area (TPSA) is 34.1 Å². The van der Waals surface area contributed by atoms with Crippen LogP contribution in [0.5, 0.6) is 0 Å². The second-order valence-electron chi connectivity index (χ2n) is 0.0833. The molecule has 0 aromatic carbocycles. The fourth-order valence-electron chi connectivity index (χ4n) is 0. The van der Waals surface area contributed by atoms with E-state index in [1.54, 1.807) is 0 Å². The van der Waals surface area contributed by atoms with Crippen molar-refractivity contribution in [1.82, 2.24) is 0 Å². The second-order valence-corrected chi connectivity index (χ2v) is 0.250. The molecule has 0 saturated heterocycles. The molecule has 0 aliphatic carbocycles. The van der Waals surface area contributed by atoms with Gasteiger partial charge in [-0.2, -0.15) is 0 Å². The van der Waals surface area contributed by atoms with E-state index in [0.717, 1.165) is 0 Å². The molecule has 0 fully saturated rings. The van der Waals surface area contributed by atoms with Gasteiger partial charge in [-0.3, -0.25) is 0 Å². The van der Waals surface area contributed by atoms with Crippen LogP contribution in [0.3, 0.4) is 0 Å². The second kappa shape index (κ2) is 9.31. The quantitative estimate of drug-likeness (QED) is 0.393. The van der Waals surface area contributed by atoms with Gasteiger partial charge in [0.2, 0.25) is 0 Å². The fraction of sp³-hybridized carbons (Fsp3) is 0. The van der Waals surface area contributed by atoms with E-state index in [1.165, 1.54) is 0 Å². The molecule has 0 saturated carbocycles. The van der Waals surface area contributed by atoms with Crippen LogP contribution in [0.25, 0.3) is 0 Å². The standard InChI is InChI=1S/HO2P.Sb/c1-3-2;/h3H;. The first-order valence-electron chi connectivity index (χ1n) is 0.408. The summed E-state index contributed by atoms with van der Waals surface area (Å²) in [6, 6.07) is 0. The van der Waals surface area contributed by atoms with Gasteiger partial charge in [0.25, 0.3) is 0 Å². The maximum absolute atomic E-state index is 8.40. The Labute approximate surface area is 42.3 Å². The van der Waals surface area contributed by atoms with Crippen molar-refractivity contribution in [2.75, 3.05) is 0 Å². The first-order valence-corrected chi connectivity index (χ1v) is 1.22. The number of hydrogen-bond donors (Lipinski definition) is 0. The molecule has 0 unspecified atom stereocenters. The Bertz CT molecular complexity index is 27.0. The molecule has 4 heteroatoms. The molecule has 0 aromatic rings. The summed E-state index contributed by atoms with van der Waals surface area (Å²) in [6.07, 6.45) is 0. The first-order chi connectivity index (χ1) is 1.41. The van der Waals surface area contributed by atoms with Gasteiger partial charge in [-0.25, -0.2) is 9.13 Å². The zero-order chi connectivity index (χ0) is 2.71. The van der Waals surface area contributed by atoms with Gasteiger partial charge in [0.05, 0.1) is 0 Å². The normalized spacial score (nSPS) is 3.00. The summed E-state index contributed by atoms with van der Waals surface area (Å²) in [4.78, 5) is 0. The predicted molar refractivity (Wildman–Crippen MR) is 15.4 cm³/mol. The van der Waals surface area contributed by atoms with Gasteiger partial charge >= 0.3 is 8.34 Å². The molecular formula is HO2PSb. The Morgan fingerprint density at radius 2 is 1.25 bits per heavy atom. The maximum atomic E-state index is 8.40. The summed E-state index contributed by atoms with van der Waals surface area (Å²) >= 11 is 0. The van der Waals surface area contributed by atoms with Gasteiger partial charge in [0.15, 0.2) is 0 Å². The van der Waals surface area contributed by atoms with Gasteiger partial charge in [-0.05, 0) is 0 Å². The summed E-state index contributed by atoms with van der Waals surface area (Å²) in [5, 5.41) is 0. The van der Waals surface area contributed by atoms with Crippen LogP contribution in [0.15, 0.2) is 0 Å². The van der Waals surface area contributed by atoms with Crippen molar-refractivity contribution in [3.8, 4) is 0 Å². The van der Waals surface area contributed by atoms with Crippen LogP contribution in [0.2, 0.25) is 0 Å². The molecule has 0 aliphatic rings. The molecule has 0 N–H and O–H groups in total. The van der Waals surface area contributed by atoms with Crippen LogP contribution in [0.4, 0.5) is 0 Å². The van der Waals surface area contributed by atoms with Gasteiger partial charge < -0.3 is 0 Å². The van der Waals surface area contributed by atoms with Crippen molar-refractivity contribution in [3.63, 3.8) is 0 Å². The Balaban J connectivity index is 0. The van der Waals surface area contributed by atoms with Crippen molar-refractivity contribution in [2.24, 2.45) is 0 Å². The van der Waals surface area contributed by atoms with E-state index in [2.05, 4.69) is 0 Å². The summed E-state index contributed by atoms with van der Waals surface area (Å²) in [7, 11) is -1.42. The molecule has 0 aliphatic heterocycles. The third-order valence-corrected chi connectivity index (χ3v) is 0. The largest absolute Gasteiger partial charge is 0.303 e. The third kappa shape index (κ3) is 15.6. The molecule has 4 heavy (non-hydrogen) atoms. The molecule has 3 radical (unpaired) electrons. The third-order valence-electron chi connectivity index (χ3n) is 0. The van der Waals surface area contributed by atoms with Crippen molar-refractivity contribution in [3.05, 3.63) is 0 Å². The van der Waals surface area contributed by atoms with Crippen molar-refractivity contribution >= 4 is 32.8 Å². The minimum absolute atomic E-state index is 0. The molecule has 0 heterocycles. The Morgan fingerprint density at radius 1 is 1.25 bits per heavy atom. The zero-order valence-corrected chi connectivity index (χ0v) is 5.32. The van der Waals surface area contributed by atoms with Crippen LogP contribution in [0, 0.1) is 0 Å². The fourth-order valence-corrected chi connectivity index (χ4v) is 0. The Hall–Kier alpha value is 0.718. The van der Waals surface area contributed by atoms with E-state index in [-0.39, 0.29) is 24.4 Å². The molecule has 0 amide bonds. The average molecular weight is 186 g/mol. The molecule has 0 atom stereocenters. The van der Waals surface area contributed by atoms with Gasteiger partial charge in [0.1, 0.15) is 0 Å². The van der Waals surface area contributed by atoms with Crippen molar-refractivity contribution < 1.29 is 9.13 Å². The van der Waals surface area contributed by atoms with Crippen LogP contribution < -0.4 is 0 Å². The smallest absolute Gasteiger partial charge is 0.241 e. The molecular weight excluding hydrogens is 185 g/mol. The van der Waals surface area contributed by atoms with E-state index >= 15 is 0 Å². The molecule has 0 spiro atoms. The molecule has 0 aromatic heterocycles. The van der Waals surface area contributed by atoms with Crippen LogP contribution in [-0.4, -0.2) is 24.4 Å². The molecule has 23 valence electrons. The minimum atomic E-state index is -1.42. The Morgan fingerprint density at radius 3 is 1.25 bits per heavy atom. The summed E-state index contributed by atoms with van der Waals surface area (Å²) in [5.74, 6) is 0. The van der Waals surface area contributed by atoms with Gasteiger partial charge in [-0.1, -0.05) is 0 Å². The SMILES string of the molecule is O=[PH]=O.[Sb]. The number of rotatable bonds is 0. The molecule has 2 nitrogen and oxygen atoms in total. The monoisotopic (exact) mass is 185 g/mol. The van der Waals surface area contributed by atoms with E-state index in [4.69, 9.17) is 9.13 Å². The van der Waals surface area contributed by atoms with E-state index in [0.29, 0.717) is 0 Å². The Kier molecular flexibility index (Phi) is 20.5. The predicted octanol–water partition coefficient (Wildman–Crippen LogP) is -0.0249. The molecule has 0 bridgehead atoms. The maximum Gasteiger partial charge on any atom is 0.303 e. The van der Waals surface area contributed by atoms with Crippen molar-refractivity contribution in [2.45, 2.75) is 0 Å². The van der Waals surface area contributed by atoms with Crippen LogP contribution in [0.1, 0.15) is 0 Å². The minimum Gasteiger partial charge on any atom is -0.241 e. The zero-order valence-electron chi connectivity index (χ0n) is 1.76. The summed E-state index contributed by atoms with van der Waals surface area (Å²) in [6.45, 7) is 0. The van der Waals surface area contributed by atoms with Gasteiger partial charge in [0, 0.05) is 24.4 Å². The summed E-state index contributed by atoms with van der Waals surface area (Å²) < 4.78 is 16.8. The van der Waals surface area contributed by atoms with Crippen LogP contribution in [-0.2, 0) is 9.13 Å². The van der Waals surface area contributed by atoms with E-state index in [1.807, 2.05) is 0 Å².